The Morgan fingerprint density at radius 2 is 1.60 bits per heavy atom. The van der Waals surface area contributed by atoms with E-state index in [0.29, 0.717) is 26.1 Å². The second-order valence-electron chi connectivity index (χ2n) is 7.65. The van der Waals surface area contributed by atoms with Crippen LogP contribution in [0.3, 0.4) is 0 Å². The third-order valence-electron chi connectivity index (χ3n) is 5.37. The summed E-state index contributed by atoms with van der Waals surface area (Å²) in [7, 11) is -0.908. The summed E-state index contributed by atoms with van der Waals surface area (Å²) in [5.74, 6) is -0.190. The molecule has 138 valence electrons. The fourth-order valence-corrected chi connectivity index (χ4v) is 3.15. The zero-order chi connectivity index (χ0) is 18.5. The van der Waals surface area contributed by atoms with Gasteiger partial charge in [-0.3, -0.25) is 4.98 Å². The van der Waals surface area contributed by atoms with Gasteiger partial charge >= 0.3 is 13.3 Å². The van der Waals surface area contributed by atoms with Crippen LogP contribution in [-0.4, -0.2) is 36.5 Å². The quantitative estimate of drug-likeness (QED) is 0.762. The highest BCUT2D eigenvalue weighted by atomic mass is 19.4. The molecule has 3 rings (SSSR count). The van der Waals surface area contributed by atoms with Gasteiger partial charge in [-0.05, 0) is 58.1 Å². The number of rotatable bonds is 2. The Hall–Kier alpha value is -1.12. The maximum Gasteiger partial charge on any atom is 0.514 e. The zero-order valence-electron chi connectivity index (χ0n) is 14.9. The van der Waals surface area contributed by atoms with Crippen molar-refractivity contribution in [3.05, 3.63) is 23.4 Å². The first-order valence-corrected chi connectivity index (χ1v) is 8.53. The number of halogens is 3. The molecule has 1 aromatic heterocycles. The van der Waals surface area contributed by atoms with Crippen molar-refractivity contribution in [2.24, 2.45) is 0 Å². The second kappa shape index (κ2) is 6.25. The topological polar surface area (TPSA) is 40.6 Å². The molecule has 0 radical (unpaired) electrons. The molecule has 0 aliphatic carbocycles. The van der Waals surface area contributed by atoms with Gasteiger partial charge in [-0.2, -0.15) is 13.2 Å². The van der Waals surface area contributed by atoms with Crippen molar-refractivity contribution in [3.63, 3.8) is 0 Å². The molecule has 0 atom stereocenters. The molecule has 3 heterocycles. The van der Waals surface area contributed by atoms with Gasteiger partial charge in [0.2, 0.25) is 0 Å². The molecule has 0 saturated carbocycles. The van der Waals surface area contributed by atoms with E-state index in [4.69, 9.17) is 14.0 Å². The molecule has 0 bridgehead atoms. The van der Waals surface area contributed by atoms with Gasteiger partial charge in [0, 0.05) is 13.2 Å². The van der Waals surface area contributed by atoms with Crippen LogP contribution in [0.15, 0.2) is 12.1 Å². The van der Waals surface area contributed by atoms with E-state index < -0.39 is 30.2 Å². The molecule has 0 aromatic carbocycles. The SMILES string of the molecule is CC1(C)OB(c2ccc(C3CCOCC3)c(C(F)(F)F)n2)OC1(C)C. The Kier molecular flexibility index (Phi) is 4.67. The summed E-state index contributed by atoms with van der Waals surface area (Å²) in [6.07, 6.45) is -3.38. The van der Waals surface area contributed by atoms with Crippen molar-refractivity contribution in [3.8, 4) is 0 Å². The summed E-state index contributed by atoms with van der Waals surface area (Å²) in [6.45, 7) is 8.37. The first-order chi connectivity index (χ1) is 11.5. The molecule has 8 heteroatoms. The van der Waals surface area contributed by atoms with E-state index >= 15 is 0 Å². The molecule has 4 nitrogen and oxygen atoms in total. The molecule has 2 fully saturated rings. The van der Waals surface area contributed by atoms with Crippen LogP contribution >= 0.6 is 0 Å². The van der Waals surface area contributed by atoms with Gasteiger partial charge in [-0.1, -0.05) is 6.07 Å². The van der Waals surface area contributed by atoms with E-state index in [2.05, 4.69) is 4.98 Å². The van der Waals surface area contributed by atoms with E-state index in [-0.39, 0.29) is 17.1 Å². The summed E-state index contributed by atoms with van der Waals surface area (Å²) >= 11 is 0. The average molecular weight is 357 g/mol. The lowest BCUT2D eigenvalue weighted by Crippen LogP contribution is -2.41. The van der Waals surface area contributed by atoms with Crippen LogP contribution in [0.2, 0.25) is 0 Å². The molecule has 0 spiro atoms. The normalized spacial score (nSPS) is 23.9. The first-order valence-electron chi connectivity index (χ1n) is 8.53. The lowest BCUT2D eigenvalue weighted by molar-refractivity contribution is -0.142. The maximum absolute atomic E-state index is 13.6. The van der Waals surface area contributed by atoms with Crippen LogP contribution in [0, 0.1) is 0 Å². The molecule has 0 amide bonds. The van der Waals surface area contributed by atoms with E-state index in [0.717, 1.165) is 0 Å². The molecular weight excluding hydrogens is 334 g/mol. The molecular formula is C17H23BF3NO3. The average Bonchev–Trinajstić information content (AvgIpc) is 2.75. The van der Waals surface area contributed by atoms with Crippen LogP contribution in [0.5, 0.6) is 0 Å². The minimum absolute atomic E-state index is 0.154. The smallest absolute Gasteiger partial charge is 0.398 e. The summed E-state index contributed by atoms with van der Waals surface area (Å²) in [5, 5.41) is 0. The van der Waals surface area contributed by atoms with Crippen LogP contribution in [0.4, 0.5) is 13.2 Å². The third-order valence-corrected chi connectivity index (χ3v) is 5.37. The Morgan fingerprint density at radius 3 is 2.12 bits per heavy atom. The molecule has 0 N–H and O–H groups in total. The van der Waals surface area contributed by atoms with E-state index in [9.17, 15) is 13.2 Å². The number of hydrogen-bond donors (Lipinski definition) is 0. The second-order valence-corrected chi connectivity index (χ2v) is 7.65. The molecule has 1 aromatic rings. The Morgan fingerprint density at radius 1 is 1.04 bits per heavy atom. The molecule has 0 unspecified atom stereocenters. The largest absolute Gasteiger partial charge is 0.514 e. The summed E-state index contributed by atoms with van der Waals surface area (Å²) in [6, 6.07) is 3.11. The van der Waals surface area contributed by atoms with Gasteiger partial charge in [0.25, 0.3) is 0 Å². The number of hydrogen-bond acceptors (Lipinski definition) is 4. The zero-order valence-corrected chi connectivity index (χ0v) is 14.9. The van der Waals surface area contributed by atoms with Crippen molar-refractivity contribution in [1.29, 1.82) is 0 Å². The summed E-state index contributed by atoms with van der Waals surface area (Å²) < 4.78 is 57.7. The van der Waals surface area contributed by atoms with E-state index in [1.54, 1.807) is 6.07 Å². The Labute approximate surface area is 146 Å². The van der Waals surface area contributed by atoms with Crippen LogP contribution < -0.4 is 5.59 Å². The number of alkyl halides is 3. The summed E-state index contributed by atoms with van der Waals surface area (Å²) in [5.41, 5.74) is -1.71. The standard InChI is InChI=1S/C17H23BF3NO3/c1-15(2)16(3,4)25-18(24-15)13-6-5-12(11-7-9-23-10-8-11)14(22-13)17(19,20)21/h5-6,11H,7-10H2,1-4H3. The molecule has 2 saturated heterocycles. The van der Waals surface area contributed by atoms with E-state index in [1.807, 2.05) is 27.7 Å². The number of aromatic nitrogens is 1. The van der Waals surface area contributed by atoms with Gasteiger partial charge < -0.3 is 14.0 Å². The Bertz CT molecular complexity index is 627. The predicted octanol–water partition coefficient (Wildman–Crippen LogP) is 3.29. The van der Waals surface area contributed by atoms with Crippen LogP contribution in [0.1, 0.15) is 57.7 Å². The monoisotopic (exact) mass is 357 g/mol. The van der Waals surface area contributed by atoms with Crippen molar-refractivity contribution >= 4 is 12.7 Å². The van der Waals surface area contributed by atoms with Gasteiger partial charge in [-0.15, -0.1) is 0 Å². The minimum atomic E-state index is -4.52. The highest BCUT2D eigenvalue weighted by molar-refractivity contribution is 6.61. The Balaban J connectivity index is 1.95. The predicted molar refractivity (Wildman–Crippen MR) is 87.7 cm³/mol. The molecule has 2 aliphatic rings. The van der Waals surface area contributed by atoms with Crippen molar-refractivity contribution in [1.82, 2.24) is 4.98 Å². The maximum atomic E-state index is 13.6. The number of ether oxygens (including phenoxy) is 1. The molecule has 25 heavy (non-hydrogen) atoms. The highest BCUT2D eigenvalue weighted by Crippen LogP contribution is 2.39. The molecule has 2 aliphatic heterocycles. The fourth-order valence-electron chi connectivity index (χ4n) is 3.15. The first kappa shape index (κ1) is 18.7. The lowest BCUT2D eigenvalue weighted by Gasteiger charge is -2.32. The van der Waals surface area contributed by atoms with Crippen molar-refractivity contribution in [2.45, 2.75) is 63.8 Å². The van der Waals surface area contributed by atoms with Gasteiger partial charge in [0.1, 0.15) is 5.69 Å². The van der Waals surface area contributed by atoms with Gasteiger partial charge in [0.15, 0.2) is 0 Å². The van der Waals surface area contributed by atoms with Crippen LogP contribution in [0.25, 0.3) is 0 Å². The van der Waals surface area contributed by atoms with Gasteiger partial charge in [-0.25, -0.2) is 0 Å². The van der Waals surface area contributed by atoms with Crippen molar-refractivity contribution in [2.75, 3.05) is 13.2 Å². The lowest BCUT2D eigenvalue weighted by atomic mass is 9.82. The third kappa shape index (κ3) is 3.57. The summed E-state index contributed by atoms with van der Waals surface area (Å²) in [4.78, 5) is 3.92. The van der Waals surface area contributed by atoms with Crippen LogP contribution in [-0.2, 0) is 20.2 Å². The van der Waals surface area contributed by atoms with Gasteiger partial charge in [0.05, 0.1) is 16.8 Å². The number of nitrogens with zero attached hydrogens (tertiary/aromatic N) is 1. The fraction of sp³-hybridized carbons (Fsp3) is 0.706. The number of pyridine rings is 1. The highest BCUT2D eigenvalue weighted by Gasteiger charge is 2.53. The van der Waals surface area contributed by atoms with Crippen molar-refractivity contribution < 1.29 is 27.2 Å². The minimum Gasteiger partial charge on any atom is -0.398 e. The van der Waals surface area contributed by atoms with E-state index in [1.165, 1.54) is 6.07 Å².